The molecule has 2 heterocycles. The highest BCUT2D eigenvalue weighted by Crippen LogP contribution is 2.15. The number of aryl methyl sites for hydroxylation is 1. The highest BCUT2D eigenvalue weighted by Gasteiger charge is 2.23. The van der Waals surface area contributed by atoms with Crippen LogP contribution in [-0.4, -0.2) is 45.8 Å². The van der Waals surface area contributed by atoms with Gasteiger partial charge in [0.05, 0.1) is 6.54 Å². The molecule has 1 N–H and O–H groups in total. The Bertz CT molecular complexity index is 348. The monoisotopic (exact) mass is 237 g/mol. The quantitative estimate of drug-likeness (QED) is 0.838. The first-order chi connectivity index (χ1) is 8.20. The first kappa shape index (κ1) is 12.5. The SMILES string of the molecule is CCn1ncnc1CNC1CCN(C)CC1C. The molecule has 1 fully saturated rings. The largest absolute Gasteiger partial charge is 0.307 e. The molecule has 0 saturated carbocycles. The van der Waals surface area contributed by atoms with E-state index in [0.717, 1.165) is 18.9 Å². The van der Waals surface area contributed by atoms with Crippen molar-refractivity contribution in [2.75, 3.05) is 20.1 Å². The molecule has 1 aromatic rings. The van der Waals surface area contributed by atoms with Crippen LogP contribution < -0.4 is 5.32 Å². The topological polar surface area (TPSA) is 46.0 Å². The number of nitrogens with one attached hydrogen (secondary N) is 1. The minimum Gasteiger partial charge on any atom is -0.307 e. The Hall–Kier alpha value is -0.940. The molecule has 2 unspecified atom stereocenters. The lowest BCUT2D eigenvalue weighted by atomic mass is 9.94. The van der Waals surface area contributed by atoms with E-state index in [2.05, 4.69) is 41.2 Å². The van der Waals surface area contributed by atoms with Crippen molar-refractivity contribution in [3.8, 4) is 0 Å². The van der Waals surface area contributed by atoms with Crippen LogP contribution in [0.5, 0.6) is 0 Å². The van der Waals surface area contributed by atoms with Gasteiger partial charge in [0.25, 0.3) is 0 Å². The molecule has 2 atom stereocenters. The van der Waals surface area contributed by atoms with E-state index in [1.165, 1.54) is 19.5 Å². The van der Waals surface area contributed by atoms with Crippen molar-refractivity contribution in [1.29, 1.82) is 0 Å². The van der Waals surface area contributed by atoms with Gasteiger partial charge in [-0.15, -0.1) is 0 Å². The summed E-state index contributed by atoms with van der Waals surface area (Å²) in [6.45, 7) is 8.49. The molecule has 0 bridgehead atoms. The zero-order valence-electron chi connectivity index (χ0n) is 11.1. The van der Waals surface area contributed by atoms with Crippen LogP contribution in [0.2, 0.25) is 0 Å². The molecule has 5 nitrogen and oxygen atoms in total. The first-order valence-electron chi connectivity index (χ1n) is 6.49. The maximum absolute atomic E-state index is 4.29. The van der Waals surface area contributed by atoms with Crippen LogP contribution >= 0.6 is 0 Å². The molecule has 5 heteroatoms. The number of nitrogens with zero attached hydrogens (tertiary/aromatic N) is 4. The molecule has 1 aliphatic rings. The summed E-state index contributed by atoms with van der Waals surface area (Å²) in [5, 5.41) is 7.81. The Morgan fingerprint density at radius 3 is 3.06 bits per heavy atom. The van der Waals surface area contributed by atoms with Gasteiger partial charge in [-0.3, -0.25) is 0 Å². The second kappa shape index (κ2) is 5.60. The standard InChI is InChI=1S/C12H23N5/c1-4-17-12(14-9-15-17)7-13-11-5-6-16(3)8-10(11)2/h9-11,13H,4-8H2,1-3H3. The molecule has 0 aromatic carbocycles. The Morgan fingerprint density at radius 2 is 2.35 bits per heavy atom. The van der Waals surface area contributed by atoms with Gasteiger partial charge in [-0.2, -0.15) is 5.10 Å². The predicted octanol–water partition coefficient (Wildman–Crippen LogP) is 0.728. The molecule has 0 aliphatic carbocycles. The van der Waals surface area contributed by atoms with E-state index < -0.39 is 0 Å². The number of rotatable bonds is 4. The summed E-state index contributed by atoms with van der Waals surface area (Å²) >= 11 is 0. The van der Waals surface area contributed by atoms with Gasteiger partial charge in [0.15, 0.2) is 0 Å². The third-order valence-corrected chi connectivity index (χ3v) is 3.63. The van der Waals surface area contributed by atoms with Crippen molar-refractivity contribution in [3.05, 3.63) is 12.2 Å². The van der Waals surface area contributed by atoms with E-state index in [-0.39, 0.29) is 0 Å². The van der Waals surface area contributed by atoms with Crippen molar-refractivity contribution >= 4 is 0 Å². The van der Waals surface area contributed by atoms with Gasteiger partial charge < -0.3 is 10.2 Å². The molecule has 17 heavy (non-hydrogen) atoms. The molecule has 1 saturated heterocycles. The van der Waals surface area contributed by atoms with Crippen LogP contribution in [0.1, 0.15) is 26.1 Å². The molecule has 0 spiro atoms. The Balaban J connectivity index is 1.86. The average Bonchev–Trinajstić information content (AvgIpc) is 2.75. The zero-order valence-corrected chi connectivity index (χ0v) is 11.1. The van der Waals surface area contributed by atoms with Gasteiger partial charge in [-0.1, -0.05) is 6.92 Å². The highest BCUT2D eigenvalue weighted by atomic mass is 15.3. The van der Waals surface area contributed by atoms with E-state index in [9.17, 15) is 0 Å². The van der Waals surface area contributed by atoms with Crippen LogP contribution in [0.25, 0.3) is 0 Å². The van der Waals surface area contributed by atoms with Gasteiger partial charge >= 0.3 is 0 Å². The van der Waals surface area contributed by atoms with E-state index in [0.29, 0.717) is 12.0 Å². The molecular weight excluding hydrogens is 214 g/mol. The molecule has 96 valence electrons. The lowest BCUT2D eigenvalue weighted by Crippen LogP contribution is -2.46. The molecule has 0 amide bonds. The second-order valence-corrected chi connectivity index (χ2v) is 5.01. The normalized spacial score (nSPS) is 26.3. The molecule has 1 aromatic heterocycles. The van der Waals surface area contributed by atoms with E-state index >= 15 is 0 Å². The first-order valence-corrected chi connectivity index (χ1v) is 6.49. The van der Waals surface area contributed by atoms with Crippen LogP contribution in [-0.2, 0) is 13.1 Å². The molecule has 0 radical (unpaired) electrons. The van der Waals surface area contributed by atoms with Gasteiger partial charge in [0, 0.05) is 19.1 Å². The fraction of sp³-hybridized carbons (Fsp3) is 0.833. The number of aromatic nitrogens is 3. The van der Waals surface area contributed by atoms with Crippen LogP contribution in [0, 0.1) is 5.92 Å². The molecule has 2 rings (SSSR count). The summed E-state index contributed by atoms with van der Waals surface area (Å²) in [5.74, 6) is 1.74. The Morgan fingerprint density at radius 1 is 1.53 bits per heavy atom. The lowest BCUT2D eigenvalue weighted by molar-refractivity contribution is 0.173. The number of likely N-dealkylation sites (tertiary alicyclic amines) is 1. The fourth-order valence-electron chi connectivity index (χ4n) is 2.57. The van der Waals surface area contributed by atoms with Crippen molar-refractivity contribution in [3.63, 3.8) is 0 Å². The molecular formula is C12H23N5. The second-order valence-electron chi connectivity index (χ2n) is 5.01. The third kappa shape index (κ3) is 3.04. The Kier molecular flexibility index (Phi) is 4.12. The maximum atomic E-state index is 4.29. The molecule has 1 aliphatic heterocycles. The van der Waals surface area contributed by atoms with Crippen molar-refractivity contribution in [2.24, 2.45) is 5.92 Å². The zero-order chi connectivity index (χ0) is 12.3. The van der Waals surface area contributed by atoms with Crippen molar-refractivity contribution in [2.45, 2.75) is 39.4 Å². The van der Waals surface area contributed by atoms with Crippen LogP contribution in [0.15, 0.2) is 6.33 Å². The number of hydrogen-bond donors (Lipinski definition) is 1. The number of hydrogen-bond acceptors (Lipinski definition) is 4. The van der Waals surface area contributed by atoms with Gasteiger partial charge in [0.2, 0.25) is 0 Å². The summed E-state index contributed by atoms with van der Waals surface area (Å²) in [6.07, 6.45) is 2.86. The summed E-state index contributed by atoms with van der Waals surface area (Å²) in [4.78, 5) is 6.69. The minimum atomic E-state index is 0.605. The van der Waals surface area contributed by atoms with E-state index in [1.54, 1.807) is 6.33 Å². The maximum Gasteiger partial charge on any atom is 0.140 e. The third-order valence-electron chi connectivity index (χ3n) is 3.63. The lowest BCUT2D eigenvalue weighted by Gasteiger charge is -2.35. The van der Waals surface area contributed by atoms with E-state index in [1.807, 2.05) is 4.68 Å². The predicted molar refractivity (Wildman–Crippen MR) is 67.6 cm³/mol. The average molecular weight is 237 g/mol. The fourth-order valence-corrected chi connectivity index (χ4v) is 2.57. The minimum absolute atomic E-state index is 0.605. The smallest absolute Gasteiger partial charge is 0.140 e. The highest BCUT2D eigenvalue weighted by molar-refractivity contribution is 4.87. The van der Waals surface area contributed by atoms with E-state index in [4.69, 9.17) is 0 Å². The van der Waals surface area contributed by atoms with Gasteiger partial charge in [-0.25, -0.2) is 9.67 Å². The van der Waals surface area contributed by atoms with Crippen molar-refractivity contribution in [1.82, 2.24) is 25.0 Å². The van der Waals surface area contributed by atoms with Crippen LogP contribution in [0.4, 0.5) is 0 Å². The van der Waals surface area contributed by atoms with Gasteiger partial charge in [-0.05, 0) is 32.9 Å². The summed E-state index contributed by atoms with van der Waals surface area (Å²) < 4.78 is 1.95. The summed E-state index contributed by atoms with van der Waals surface area (Å²) in [5.41, 5.74) is 0. The van der Waals surface area contributed by atoms with Crippen molar-refractivity contribution < 1.29 is 0 Å². The summed E-state index contributed by atoms with van der Waals surface area (Å²) in [7, 11) is 2.19. The van der Waals surface area contributed by atoms with Crippen LogP contribution in [0.3, 0.4) is 0 Å². The Labute approximate surface area is 103 Å². The summed E-state index contributed by atoms with van der Waals surface area (Å²) in [6, 6.07) is 0.605. The van der Waals surface area contributed by atoms with Gasteiger partial charge in [0.1, 0.15) is 12.2 Å². The number of piperidine rings is 1.